The van der Waals surface area contributed by atoms with Crippen LogP contribution in [0.15, 0.2) is 46.9 Å². The van der Waals surface area contributed by atoms with Crippen LogP contribution in [0, 0.1) is 6.92 Å². The zero-order chi connectivity index (χ0) is 17.4. The minimum absolute atomic E-state index is 0.104. The molecule has 1 aliphatic heterocycles. The molecule has 6 heteroatoms. The Bertz CT molecular complexity index is 914. The van der Waals surface area contributed by atoms with Crippen LogP contribution >= 0.6 is 27.3 Å². The number of piperazine rings is 1. The number of fused-ring (bicyclic) bond motifs is 1. The van der Waals surface area contributed by atoms with Gasteiger partial charge in [-0.15, -0.1) is 0 Å². The van der Waals surface area contributed by atoms with E-state index in [4.69, 9.17) is 4.98 Å². The Hall–Kier alpha value is -1.92. The summed E-state index contributed by atoms with van der Waals surface area (Å²) in [5, 5.41) is 1.06. The summed E-state index contributed by atoms with van der Waals surface area (Å²) >= 11 is 5.14. The van der Waals surface area contributed by atoms with Gasteiger partial charge in [0.05, 0.1) is 10.2 Å². The molecule has 3 aromatic rings. The van der Waals surface area contributed by atoms with Gasteiger partial charge >= 0.3 is 0 Å². The number of aryl methyl sites for hydroxylation is 1. The molecule has 1 saturated heterocycles. The molecular formula is C19H18BrN3OS. The molecule has 0 bridgehead atoms. The number of aromatic nitrogens is 1. The first-order valence-corrected chi connectivity index (χ1v) is 9.89. The lowest BCUT2D eigenvalue weighted by atomic mass is 10.2. The molecule has 4 nitrogen and oxygen atoms in total. The number of amides is 1. The summed E-state index contributed by atoms with van der Waals surface area (Å²) in [6, 6.07) is 13.9. The van der Waals surface area contributed by atoms with Crippen LogP contribution in [-0.2, 0) is 0 Å². The van der Waals surface area contributed by atoms with E-state index in [9.17, 15) is 4.79 Å². The fourth-order valence-electron chi connectivity index (χ4n) is 3.09. The summed E-state index contributed by atoms with van der Waals surface area (Å²) in [4.78, 5) is 21.6. The molecule has 0 unspecified atom stereocenters. The van der Waals surface area contributed by atoms with Crippen LogP contribution in [0.4, 0.5) is 5.13 Å². The smallest absolute Gasteiger partial charge is 0.253 e. The van der Waals surface area contributed by atoms with Gasteiger partial charge in [-0.3, -0.25) is 4.79 Å². The number of benzene rings is 2. The van der Waals surface area contributed by atoms with E-state index in [1.54, 1.807) is 11.3 Å². The second kappa shape index (κ2) is 6.77. The number of halogens is 1. The summed E-state index contributed by atoms with van der Waals surface area (Å²) in [7, 11) is 0. The molecule has 0 radical (unpaired) electrons. The van der Waals surface area contributed by atoms with Crippen molar-refractivity contribution < 1.29 is 4.79 Å². The molecule has 1 fully saturated rings. The van der Waals surface area contributed by atoms with Crippen LogP contribution in [-0.4, -0.2) is 42.0 Å². The van der Waals surface area contributed by atoms with Gasteiger partial charge in [0.1, 0.15) is 0 Å². The van der Waals surface area contributed by atoms with Gasteiger partial charge in [-0.1, -0.05) is 39.4 Å². The third-order valence-corrected chi connectivity index (χ3v) is 6.15. The number of anilines is 1. The van der Waals surface area contributed by atoms with Gasteiger partial charge in [-0.2, -0.15) is 0 Å². The van der Waals surface area contributed by atoms with E-state index in [1.165, 1.54) is 10.3 Å². The van der Waals surface area contributed by atoms with E-state index in [0.29, 0.717) is 0 Å². The van der Waals surface area contributed by atoms with E-state index in [-0.39, 0.29) is 5.91 Å². The maximum Gasteiger partial charge on any atom is 0.253 e. The molecule has 0 atom stereocenters. The molecule has 128 valence electrons. The second-order valence-electron chi connectivity index (χ2n) is 6.20. The normalized spacial score (nSPS) is 15.0. The number of hydrogen-bond donors (Lipinski definition) is 0. The SMILES string of the molecule is Cc1cccc2sc(N3CCN(C(=O)c4ccc(Br)cc4)CC3)nc12. The largest absolute Gasteiger partial charge is 0.345 e. The number of carbonyl (C=O) groups is 1. The Morgan fingerprint density at radius 1 is 1.08 bits per heavy atom. The quantitative estimate of drug-likeness (QED) is 0.624. The summed E-state index contributed by atoms with van der Waals surface area (Å²) < 4.78 is 2.21. The Morgan fingerprint density at radius 2 is 1.80 bits per heavy atom. The molecule has 2 heterocycles. The van der Waals surface area contributed by atoms with Crippen LogP contribution in [0.3, 0.4) is 0 Å². The van der Waals surface area contributed by atoms with Gasteiger partial charge in [-0.05, 0) is 42.8 Å². The molecule has 0 N–H and O–H groups in total. The number of carbonyl (C=O) groups excluding carboxylic acids is 1. The standard InChI is InChI=1S/C19H18BrN3OS/c1-13-3-2-4-16-17(13)21-19(25-16)23-11-9-22(10-12-23)18(24)14-5-7-15(20)8-6-14/h2-8H,9-12H2,1H3. The molecule has 25 heavy (non-hydrogen) atoms. The van der Waals surface area contributed by atoms with Crippen molar-refractivity contribution in [3.05, 3.63) is 58.1 Å². The minimum Gasteiger partial charge on any atom is -0.345 e. The number of hydrogen-bond acceptors (Lipinski definition) is 4. The summed E-state index contributed by atoms with van der Waals surface area (Å²) in [5.74, 6) is 0.104. The van der Waals surface area contributed by atoms with Crippen molar-refractivity contribution in [3.63, 3.8) is 0 Å². The van der Waals surface area contributed by atoms with E-state index in [0.717, 1.165) is 46.9 Å². The Morgan fingerprint density at radius 3 is 2.48 bits per heavy atom. The van der Waals surface area contributed by atoms with Crippen molar-refractivity contribution in [3.8, 4) is 0 Å². The lowest BCUT2D eigenvalue weighted by Crippen LogP contribution is -2.48. The first-order chi connectivity index (χ1) is 12.1. The summed E-state index contributed by atoms with van der Waals surface area (Å²) in [5.41, 5.74) is 3.05. The zero-order valence-corrected chi connectivity index (χ0v) is 16.3. The van der Waals surface area contributed by atoms with Crippen LogP contribution in [0.25, 0.3) is 10.2 Å². The highest BCUT2D eigenvalue weighted by Gasteiger charge is 2.24. The van der Waals surface area contributed by atoms with Crippen LogP contribution in [0.5, 0.6) is 0 Å². The van der Waals surface area contributed by atoms with Crippen LogP contribution in [0.1, 0.15) is 15.9 Å². The third kappa shape index (κ3) is 3.28. The van der Waals surface area contributed by atoms with Crippen molar-refractivity contribution in [1.82, 2.24) is 9.88 Å². The average molecular weight is 416 g/mol. The molecule has 1 aromatic heterocycles. The number of thiazole rings is 1. The molecule has 1 aliphatic rings. The topological polar surface area (TPSA) is 36.4 Å². The highest BCUT2D eigenvalue weighted by molar-refractivity contribution is 9.10. The predicted molar refractivity (Wildman–Crippen MR) is 107 cm³/mol. The maximum atomic E-state index is 12.6. The first kappa shape index (κ1) is 16.5. The lowest BCUT2D eigenvalue weighted by molar-refractivity contribution is 0.0747. The van der Waals surface area contributed by atoms with E-state index in [1.807, 2.05) is 29.2 Å². The lowest BCUT2D eigenvalue weighted by Gasteiger charge is -2.34. The maximum absolute atomic E-state index is 12.6. The fourth-order valence-corrected chi connectivity index (χ4v) is 4.45. The Labute approximate surface area is 159 Å². The van der Waals surface area contributed by atoms with Crippen molar-refractivity contribution in [2.75, 3.05) is 31.1 Å². The monoisotopic (exact) mass is 415 g/mol. The Kier molecular flexibility index (Phi) is 4.48. The number of para-hydroxylation sites is 1. The van der Waals surface area contributed by atoms with Crippen molar-refractivity contribution in [2.45, 2.75) is 6.92 Å². The van der Waals surface area contributed by atoms with Gasteiger partial charge < -0.3 is 9.80 Å². The molecule has 2 aromatic carbocycles. The Balaban J connectivity index is 1.46. The second-order valence-corrected chi connectivity index (χ2v) is 8.13. The van der Waals surface area contributed by atoms with Crippen LogP contribution in [0.2, 0.25) is 0 Å². The van der Waals surface area contributed by atoms with Gasteiger partial charge in [0, 0.05) is 36.2 Å². The molecule has 0 aliphatic carbocycles. The third-order valence-electron chi connectivity index (χ3n) is 4.54. The van der Waals surface area contributed by atoms with Crippen molar-refractivity contribution in [1.29, 1.82) is 0 Å². The summed E-state index contributed by atoms with van der Waals surface area (Å²) in [6.45, 7) is 5.19. The molecule has 0 saturated carbocycles. The minimum atomic E-state index is 0.104. The van der Waals surface area contributed by atoms with Crippen LogP contribution < -0.4 is 4.90 Å². The first-order valence-electron chi connectivity index (χ1n) is 8.28. The van der Waals surface area contributed by atoms with Crippen molar-refractivity contribution >= 4 is 48.5 Å². The zero-order valence-electron chi connectivity index (χ0n) is 13.9. The molecule has 0 spiro atoms. The predicted octanol–water partition coefficient (Wildman–Crippen LogP) is 4.33. The van der Waals surface area contributed by atoms with E-state index in [2.05, 4.69) is 46.0 Å². The molecule has 1 amide bonds. The van der Waals surface area contributed by atoms with Gasteiger partial charge in [0.2, 0.25) is 0 Å². The number of nitrogens with zero attached hydrogens (tertiary/aromatic N) is 3. The number of rotatable bonds is 2. The fraction of sp³-hybridized carbons (Fsp3) is 0.263. The van der Waals surface area contributed by atoms with Gasteiger partial charge in [0.25, 0.3) is 5.91 Å². The highest BCUT2D eigenvalue weighted by Crippen LogP contribution is 2.31. The van der Waals surface area contributed by atoms with E-state index < -0.39 is 0 Å². The highest BCUT2D eigenvalue weighted by atomic mass is 79.9. The van der Waals surface area contributed by atoms with Gasteiger partial charge in [-0.25, -0.2) is 4.98 Å². The van der Waals surface area contributed by atoms with E-state index >= 15 is 0 Å². The van der Waals surface area contributed by atoms with Crippen molar-refractivity contribution in [2.24, 2.45) is 0 Å². The summed E-state index contributed by atoms with van der Waals surface area (Å²) in [6.07, 6.45) is 0. The molecule has 4 rings (SSSR count). The van der Waals surface area contributed by atoms with Gasteiger partial charge in [0.15, 0.2) is 5.13 Å². The average Bonchev–Trinajstić information content (AvgIpc) is 3.08. The molecular weight excluding hydrogens is 398 g/mol.